The maximum absolute atomic E-state index is 13.0. The van der Waals surface area contributed by atoms with Crippen molar-refractivity contribution in [2.45, 2.75) is 176 Å². The molecule has 579 valence electrons. The van der Waals surface area contributed by atoms with Crippen molar-refractivity contribution in [3.63, 3.8) is 0 Å². The largest absolute Gasteiger partial charge is 0.508 e. The van der Waals surface area contributed by atoms with Gasteiger partial charge >= 0.3 is 14.6 Å². The Labute approximate surface area is 624 Å². The second-order valence-corrected chi connectivity index (χ2v) is 28.2. The van der Waals surface area contributed by atoms with Crippen molar-refractivity contribution in [2.24, 2.45) is 34.8 Å². The van der Waals surface area contributed by atoms with Crippen LogP contribution < -0.4 is 65.5 Å². The van der Waals surface area contributed by atoms with Gasteiger partial charge in [-0.05, 0) is 145 Å². The van der Waals surface area contributed by atoms with Gasteiger partial charge in [0.25, 0.3) is 0 Å². The van der Waals surface area contributed by atoms with E-state index in [-0.39, 0.29) is 150 Å². The van der Waals surface area contributed by atoms with Crippen LogP contribution in [-0.4, -0.2) is 260 Å². The van der Waals surface area contributed by atoms with Crippen LogP contribution in [0.1, 0.15) is 102 Å². The minimum absolute atomic E-state index is 0. The van der Waals surface area contributed by atoms with Crippen molar-refractivity contribution in [1.82, 2.24) is 52.3 Å². The highest BCUT2D eigenvalue weighted by atomic mass is 32.2. The summed E-state index contributed by atoms with van der Waals surface area (Å²) in [6, 6.07) is 6.01. The van der Waals surface area contributed by atoms with Gasteiger partial charge in [0.1, 0.15) is 11.5 Å². The summed E-state index contributed by atoms with van der Waals surface area (Å²) in [5, 5.41) is 69.6. The second kappa shape index (κ2) is 43.5. The highest BCUT2D eigenvalue weighted by Gasteiger charge is 2.43. The summed E-state index contributed by atoms with van der Waals surface area (Å²) < 4.78 is 0. The van der Waals surface area contributed by atoms with Gasteiger partial charge in [0, 0.05) is 68.6 Å². The summed E-state index contributed by atoms with van der Waals surface area (Å²) >= 11 is 4.92. The number of hydrogen-bond donors (Lipinski definition) is 18. The third kappa shape index (κ3) is 27.2. The molecule has 0 spiro atoms. The zero-order valence-corrected chi connectivity index (χ0v) is 60.9. The number of carbonyl (C=O) groups is 14. The maximum Gasteiger partial charge on any atom is 0.475 e. The number of nitrogens with two attached hydrogens (primary N) is 4. The van der Waals surface area contributed by atoms with Crippen LogP contribution in [0, 0.1) is 11.8 Å². The van der Waals surface area contributed by atoms with E-state index in [2.05, 4.69) is 55.2 Å². The van der Waals surface area contributed by atoms with Crippen LogP contribution in [-0.2, 0) is 80.0 Å². The fraction of sp³-hybridized carbons (Fsp3) is 0.559. The molecule has 2 aromatic rings. The Balaban J connectivity index is 0.000000318. The third-order valence-corrected chi connectivity index (χ3v) is 20.3. The summed E-state index contributed by atoms with van der Waals surface area (Å²) in [7, 11) is -0.532. The summed E-state index contributed by atoms with van der Waals surface area (Å²) in [6.07, 6.45) is 9.54. The standard InChI is InChI=1S/C34H48BN7O10S.C18H25BN3O5.C16H24N4O4S.H2O/c1-18(40-33(49)23(36)12-19-7-9-21(43)10-8-19)27(45)16-39-25(32(37)48)17-53-28-14-26(44)22(31(28)47)4-2-6-30(46)41-20-13-24(38-15-20)34(50)42-11-3-5-29(42)35(51)52;23-14-6-7-15(24)12(14)3-1-5-17(25)21-11-9-13(20-10-11)18(26)22-8-2-4-16(22)19-27;1-9(14(22)7-19-13(8-25)15(18)23)20-16(24)12(17)6-10-2-4-11(21)5-3-10;/h7-10,14,18,20,22-25,29,38-39,43,51-52H,2-6,11-13,15-17,36H2,1H3,(H2,37,48)(H,40,49)(H,41,46);6-7,11-13,16,20,27H,1-5,8-10H2,(H,21,25);2-5,9,12-13,19,21,25H,6-8,17H2,1H3,(H2,18,23)(H,20,24);1H2/t18-,20?,22?,23+,24+,25+,29+;11?,13-,16-;9-,12+,13+;/m101./s1. The molecular formula is C68H99B2N14O20S2. The van der Waals surface area contributed by atoms with Gasteiger partial charge in [-0.15, -0.1) is 11.8 Å². The first-order valence-electron chi connectivity index (χ1n) is 35.0. The van der Waals surface area contributed by atoms with Crippen molar-refractivity contribution in [3.05, 3.63) is 82.8 Å². The van der Waals surface area contributed by atoms with E-state index >= 15 is 0 Å². The van der Waals surface area contributed by atoms with Crippen LogP contribution >= 0.6 is 24.4 Å². The van der Waals surface area contributed by atoms with E-state index < -0.39 is 108 Å². The summed E-state index contributed by atoms with van der Waals surface area (Å²) in [5.74, 6) is -7.14. The average molecular weight is 1520 g/mol. The number of Topliss-reactive ketones (excluding diaryl/α,β-unsaturated/α-hetero) is 3. The van der Waals surface area contributed by atoms with Gasteiger partial charge in [0.15, 0.2) is 34.7 Å². The van der Waals surface area contributed by atoms with E-state index in [1.165, 1.54) is 61.2 Å². The molecule has 34 nitrogen and oxygen atoms in total. The van der Waals surface area contributed by atoms with Gasteiger partial charge in [-0.1, -0.05) is 24.3 Å². The molecule has 23 N–H and O–H groups in total. The van der Waals surface area contributed by atoms with Gasteiger partial charge in [0.2, 0.25) is 47.3 Å². The number of ketones is 6. The van der Waals surface area contributed by atoms with Crippen LogP contribution in [0.3, 0.4) is 0 Å². The molecule has 0 aromatic heterocycles. The van der Waals surface area contributed by atoms with Gasteiger partial charge in [0.05, 0.1) is 84.1 Å². The lowest BCUT2D eigenvalue weighted by atomic mass is 9.77. The molecule has 4 fully saturated rings. The molecule has 1 radical (unpaired) electrons. The zero-order chi connectivity index (χ0) is 77.2. The van der Waals surface area contributed by atoms with E-state index in [0.717, 1.165) is 43.2 Å². The minimum atomic E-state index is -1.61. The van der Waals surface area contributed by atoms with E-state index in [1.54, 1.807) is 29.2 Å². The second-order valence-electron chi connectivity index (χ2n) is 26.8. The van der Waals surface area contributed by atoms with E-state index in [9.17, 15) is 92.4 Å². The van der Waals surface area contributed by atoms with Crippen molar-refractivity contribution in [1.29, 1.82) is 0 Å². The number of amides is 8. The number of phenolic OH excluding ortho intramolecular Hbond substituents is 2. The number of aromatic hydroxyl groups is 2. The Morgan fingerprint density at radius 3 is 1.55 bits per heavy atom. The quantitative estimate of drug-likeness (QED) is 0.0172. The Morgan fingerprint density at radius 1 is 0.651 bits per heavy atom. The number of thiol groups is 1. The van der Waals surface area contributed by atoms with Crippen molar-refractivity contribution in [3.8, 4) is 11.5 Å². The molecule has 13 atom stereocenters. The number of rotatable bonds is 36. The summed E-state index contributed by atoms with van der Waals surface area (Å²) in [4.78, 5) is 175. The maximum atomic E-state index is 13.0. The number of phenols is 2. The monoisotopic (exact) mass is 1520 g/mol. The van der Waals surface area contributed by atoms with Gasteiger partial charge in [-0.3, -0.25) is 77.8 Å². The molecule has 4 aliphatic heterocycles. The number of nitrogens with zero attached hydrogens (tertiary/aromatic N) is 2. The normalized spacial score (nSPS) is 22.0. The zero-order valence-electron chi connectivity index (χ0n) is 59.2. The summed E-state index contributed by atoms with van der Waals surface area (Å²) in [6.45, 7) is 4.54. The van der Waals surface area contributed by atoms with E-state index in [0.29, 0.717) is 64.7 Å². The molecule has 0 bridgehead atoms. The van der Waals surface area contributed by atoms with Gasteiger partial charge in [-0.2, -0.15) is 12.6 Å². The number of benzene rings is 2. The molecule has 6 aliphatic rings. The third-order valence-electron chi connectivity index (χ3n) is 18.8. The van der Waals surface area contributed by atoms with Crippen LogP contribution in [0.2, 0.25) is 0 Å². The van der Waals surface area contributed by atoms with Crippen LogP contribution in [0.4, 0.5) is 0 Å². The SMILES string of the molecule is C[C@@H](NC(=O)[C@@H](N)Cc1ccc(O)cc1)C(=O)CN[C@@H](CS)C(N)=O.C[C@@H](NC(=O)[C@@H](N)Cc1ccc(O)cc1)C(=O)CN[C@@H](CSC1=CC(=O)C(CCCC(=O)NC2CN[C@H](C(=O)N3CCC[C@H]3B(O)O)C2)C1=O)C(N)=O.O.O=C(CCCC1C(=O)C=CC1=O)NC1CN[C@H](C(=O)N2CCC[C@H]2[B]O)C1. The Hall–Kier alpha value is -8.27. The molecule has 2 aromatic carbocycles. The van der Waals surface area contributed by atoms with Crippen molar-refractivity contribution in [2.75, 3.05) is 50.8 Å². The number of carbonyl (C=O) groups excluding carboxylic acids is 14. The number of likely N-dealkylation sites (tertiary alicyclic amines) is 2. The average Bonchev–Trinajstić information content (AvgIpc) is 1.69. The van der Waals surface area contributed by atoms with Crippen LogP contribution in [0.25, 0.3) is 0 Å². The first-order chi connectivity index (χ1) is 49.9. The first-order valence-corrected chi connectivity index (χ1v) is 36.6. The van der Waals surface area contributed by atoms with E-state index in [4.69, 9.17) is 22.9 Å². The Kier molecular flexibility index (Phi) is 36.3. The predicted molar refractivity (Wildman–Crippen MR) is 393 cm³/mol. The van der Waals surface area contributed by atoms with Gasteiger partial charge < -0.3 is 95.4 Å². The molecule has 106 heavy (non-hydrogen) atoms. The number of thioether (sulfide) groups is 1. The van der Waals surface area contributed by atoms with Crippen LogP contribution in [0.15, 0.2) is 71.7 Å². The van der Waals surface area contributed by atoms with Crippen molar-refractivity contribution >= 4 is 121 Å². The molecular weight excluding hydrogens is 1420 g/mol. The molecule has 4 saturated heterocycles. The van der Waals surface area contributed by atoms with E-state index in [1.807, 2.05) is 0 Å². The lowest BCUT2D eigenvalue weighted by Gasteiger charge is -2.26. The lowest BCUT2D eigenvalue weighted by molar-refractivity contribution is -0.133. The number of nitrogens with one attached hydrogen (secondary N) is 8. The number of primary amides is 2. The van der Waals surface area contributed by atoms with Crippen LogP contribution in [0.5, 0.6) is 11.5 Å². The topological polar surface area (TPSA) is 578 Å². The molecule has 4 heterocycles. The number of allylic oxidation sites excluding steroid dienone is 4. The minimum Gasteiger partial charge on any atom is -0.508 e. The first kappa shape index (κ1) is 88.4. The molecule has 8 rings (SSSR count). The highest BCUT2D eigenvalue weighted by molar-refractivity contribution is 8.04. The molecule has 0 saturated carbocycles. The molecule has 2 aliphatic carbocycles. The van der Waals surface area contributed by atoms with Crippen molar-refractivity contribution < 1.29 is 97.9 Å². The Morgan fingerprint density at radius 2 is 1.09 bits per heavy atom. The lowest BCUT2D eigenvalue weighted by Crippen LogP contribution is -2.51. The smallest absolute Gasteiger partial charge is 0.475 e. The Bertz CT molecular complexity index is 3490. The molecule has 3 unspecified atom stereocenters. The van der Waals surface area contributed by atoms with Gasteiger partial charge in [-0.25, -0.2) is 0 Å². The predicted octanol–water partition coefficient (Wildman–Crippen LogP) is -6.04. The highest BCUT2D eigenvalue weighted by Crippen LogP contribution is 2.31. The fourth-order valence-corrected chi connectivity index (χ4v) is 14.0. The fourth-order valence-electron chi connectivity index (χ4n) is 12.6. The molecule has 38 heteroatoms. The number of hydrogen-bond acceptors (Lipinski definition) is 27. The molecule has 8 amide bonds. The summed E-state index contributed by atoms with van der Waals surface area (Å²) in [5.41, 5.74) is 24.0.